The fourth-order valence-electron chi connectivity index (χ4n) is 1.32. The van der Waals surface area contributed by atoms with E-state index in [0.29, 0.717) is 13.0 Å². The highest BCUT2D eigenvalue weighted by Crippen LogP contribution is 2.08. The number of anilines is 2. The van der Waals surface area contributed by atoms with Gasteiger partial charge in [0, 0.05) is 32.1 Å². The predicted octanol–water partition coefficient (Wildman–Crippen LogP) is 0.841. The molecule has 0 amide bonds. The van der Waals surface area contributed by atoms with E-state index in [2.05, 4.69) is 25.5 Å². The summed E-state index contributed by atoms with van der Waals surface area (Å²) in [5.74, 6) is 1.69. The molecule has 0 saturated heterocycles. The lowest BCUT2D eigenvalue weighted by atomic mass is 10.3. The first-order valence-corrected chi connectivity index (χ1v) is 6.02. The topological polar surface area (TPSA) is 70.2 Å². The first kappa shape index (κ1) is 14.4. The van der Waals surface area contributed by atoms with Crippen molar-refractivity contribution in [1.29, 1.82) is 0 Å². The van der Waals surface area contributed by atoms with Gasteiger partial charge >= 0.3 is 0 Å². The van der Waals surface area contributed by atoms with Crippen LogP contribution in [-0.4, -0.2) is 54.4 Å². The van der Waals surface area contributed by atoms with Crippen molar-refractivity contribution < 1.29 is 4.79 Å². The molecule has 0 aliphatic rings. The number of carbonyl (C=O) groups excluding carboxylic acids is 1. The van der Waals surface area contributed by atoms with Crippen LogP contribution in [-0.2, 0) is 4.79 Å². The van der Waals surface area contributed by atoms with Crippen molar-refractivity contribution in [2.75, 3.05) is 44.4 Å². The number of rotatable bonds is 8. The number of nitrogens with one attached hydrogen (secondary N) is 2. The van der Waals surface area contributed by atoms with Gasteiger partial charge in [0.1, 0.15) is 23.7 Å². The van der Waals surface area contributed by atoms with E-state index in [0.717, 1.165) is 24.7 Å². The first-order chi connectivity index (χ1) is 8.58. The van der Waals surface area contributed by atoms with Crippen molar-refractivity contribution in [3.8, 4) is 0 Å². The Kier molecular flexibility index (Phi) is 6.07. The van der Waals surface area contributed by atoms with E-state index in [1.54, 1.807) is 6.92 Å². The second-order valence-electron chi connectivity index (χ2n) is 4.40. The molecule has 1 heterocycles. The third-order valence-corrected chi connectivity index (χ3v) is 2.32. The second-order valence-corrected chi connectivity index (χ2v) is 4.40. The molecule has 6 heteroatoms. The van der Waals surface area contributed by atoms with Crippen molar-refractivity contribution in [3.63, 3.8) is 0 Å². The van der Waals surface area contributed by atoms with Crippen molar-refractivity contribution in [2.45, 2.75) is 13.3 Å². The van der Waals surface area contributed by atoms with E-state index >= 15 is 0 Å². The monoisotopic (exact) mass is 251 g/mol. The Balaban J connectivity index is 2.39. The molecule has 0 aliphatic heterocycles. The van der Waals surface area contributed by atoms with Gasteiger partial charge in [-0.25, -0.2) is 9.97 Å². The molecule has 0 fully saturated rings. The SMILES string of the molecule is CC(=O)CCNc1cc(NCCN(C)C)ncn1. The van der Waals surface area contributed by atoms with Crippen LogP contribution in [0.25, 0.3) is 0 Å². The Bertz CT molecular complexity index is 380. The highest BCUT2D eigenvalue weighted by Gasteiger charge is 1.99. The van der Waals surface area contributed by atoms with Crippen molar-refractivity contribution in [2.24, 2.45) is 0 Å². The second kappa shape index (κ2) is 7.60. The lowest BCUT2D eigenvalue weighted by Gasteiger charge is -2.11. The van der Waals surface area contributed by atoms with Crippen LogP contribution >= 0.6 is 0 Å². The maximum Gasteiger partial charge on any atom is 0.131 e. The Hall–Kier alpha value is -1.69. The first-order valence-electron chi connectivity index (χ1n) is 6.02. The number of ketones is 1. The molecule has 1 aromatic heterocycles. The van der Waals surface area contributed by atoms with Crippen molar-refractivity contribution in [1.82, 2.24) is 14.9 Å². The van der Waals surface area contributed by atoms with Gasteiger partial charge in [0.05, 0.1) is 0 Å². The molecule has 1 rings (SSSR count). The quantitative estimate of drug-likeness (QED) is 0.713. The molecule has 0 unspecified atom stereocenters. The lowest BCUT2D eigenvalue weighted by molar-refractivity contribution is -0.116. The number of nitrogens with zero attached hydrogens (tertiary/aromatic N) is 3. The van der Waals surface area contributed by atoms with E-state index in [1.165, 1.54) is 6.33 Å². The smallest absolute Gasteiger partial charge is 0.131 e. The van der Waals surface area contributed by atoms with Gasteiger partial charge < -0.3 is 15.5 Å². The largest absolute Gasteiger partial charge is 0.369 e. The maximum atomic E-state index is 10.8. The van der Waals surface area contributed by atoms with Crippen LogP contribution in [0.3, 0.4) is 0 Å². The zero-order valence-electron chi connectivity index (χ0n) is 11.2. The normalized spacial score (nSPS) is 10.4. The van der Waals surface area contributed by atoms with E-state index in [-0.39, 0.29) is 5.78 Å². The summed E-state index contributed by atoms with van der Waals surface area (Å²) in [5.41, 5.74) is 0. The fourth-order valence-corrected chi connectivity index (χ4v) is 1.32. The standard InChI is InChI=1S/C12H21N5O/c1-10(18)4-5-13-11-8-12(16-9-15-11)14-6-7-17(2)3/h8-9H,4-7H2,1-3H3,(H2,13,14,15,16). The summed E-state index contributed by atoms with van der Waals surface area (Å²) in [6.07, 6.45) is 2.02. The number of hydrogen-bond acceptors (Lipinski definition) is 6. The zero-order valence-corrected chi connectivity index (χ0v) is 11.2. The number of aromatic nitrogens is 2. The summed E-state index contributed by atoms with van der Waals surface area (Å²) in [5, 5.41) is 6.31. The molecule has 2 N–H and O–H groups in total. The Labute approximate surface area is 108 Å². The van der Waals surface area contributed by atoms with Crippen LogP contribution in [0.4, 0.5) is 11.6 Å². The van der Waals surface area contributed by atoms with E-state index in [4.69, 9.17) is 0 Å². The Morgan fingerprint density at radius 2 is 1.83 bits per heavy atom. The molecule has 0 radical (unpaired) electrons. The number of carbonyl (C=O) groups is 1. The fraction of sp³-hybridized carbons (Fsp3) is 0.583. The number of Topliss-reactive ketones (excluding diaryl/α,β-unsaturated/α-hetero) is 1. The zero-order chi connectivity index (χ0) is 13.4. The molecule has 100 valence electrons. The van der Waals surface area contributed by atoms with Gasteiger partial charge in [-0.1, -0.05) is 0 Å². The van der Waals surface area contributed by atoms with Crippen LogP contribution in [0.15, 0.2) is 12.4 Å². The van der Waals surface area contributed by atoms with Crippen LogP contribution in [0.2, 0.25) is 0 Å². The molecule has 0 aliphatic carbocycles. The van der Waals surface area contributed by atoms with Crippen molar-refractivity contribution in [3.05, 3.63) is 12.4 Å². The van der Waals surface area contributed by atoms with E-state index in [1.807, 2.05) is 20.2 Å². The predicted molar refractivity (Wildman–Crippen MR) is 72.9 cm³/mol. The minimum Gasteiger partial charge on any atom is -0.369 e. The van der Waals surface area contributed by atoms with Gasteiger partial charge in [-0.15, -0.1) is 0 Å². The maximum absolute atomic E-state index is 10.8. The van der Waals surface area contributed by atoms with Crippen LogP contribution in [0, 0.1) is 0 Å². The summed E-state index contributed by atoms with van der Waals surface area (Å²) >= 11 is 0. The van der Waals surface area contributed by atoms with Gasteiger partial charge in [0.25, 0.3) is 0 Å². The van der Waals surface area contributed by atoms with E-state index < -0.39 is 0 Å². The van der Waals surface area contributed by atoms with Gasteiger partial charge in [-0.05, 0) is 21.0 Å². The summed E-state index contributed by atoms with van der Waals surface area (Å²) in [4.78, 5) is 21.1. The molecule has 0 aromatic carbocycles. The van der Waals surface area contributed by atoms with Gasteiger partial charge in [0.15, 0.2) is 0 Å². The number of likely N-dealkylation sites (N-methyl/N-ethyl adjacent to an activating group) is 1. The highest BCUT2D eigenvalue weighted by atomic mass is 16.1. The average Bonchev–Trinajstić information content (AvgIpc) is 2.28. The molecule has 18 heavy (non-hydrogen) atoms. The molecule has 0 atom stereocenters. The molecule has 1 aromatic rings. The molecule has 6 nitrogen and oxygen atoms in total. The summed E-state index contributed by atoms with van der Waals surface area (Å²) < 4.78 is 0. The third kappa shape index (κ3) is 6.15. The minimum absolute atomic E-state index is 0.167. The molecule has 0 saturated carbocycles. The van der Waals surface area contributed by atoms with Crippen LogP contribution in [0.5, 0.6) is 0 Å². The molecular formula is C12H21N5O. The van der Waals surface area contributed by atoms with Crippen LogP contribution < -0.4 is 10.6 Å². The molecule has 0 spiro atoms. The summed E-state index contributed by atoms with van der Waals surface area (Å²) in [6, 6.07) is 1.84. The summed E-state index contributed by atoms with van der Waals surface area (Å²) in [6.45, 7) is 3.95. The van der Waals surface area contributed by atoms with E-state index in [9.17, 15) is 4.79 Å². The van der Waals surface area contributed by atoms with Gasteiger partial charge in [-0.3, -0.25) is 4.79 Å². The van der Waals surface area contributed by atoms with Crippen molar-refractivity contribution >= 4 is 17.4 Å². The Morgan fingerprint density at radius 3 is 2.39 bits per heavy atom. The minimum atomic E-state index is 0.167. The lowest BCUT2D eigenvalue weighted by Crippen LogP contribution is -2.21. The molecular weight excluding hydrogens is 230 g/mol. The van der Waals surface area contributed by atoms with Crippen LogP contribution in [0.1, 0.15) is 13.3 Å². The average molecular weight is 251 g/mol. The summed E-state index contributed by atoms with van der Waals surface area (Å²) in [7, 11) is 4.05. The molecule has 0 bridgehead atoms. The van der Waals surface area contributed by atoms with Gasteiger partial charge in [-0.2, -0.15) is 0 Å². The van der Waals surface area contributed by atoms with Gasteiger partial charge in [0.2, 0.25) is 0 Å². The highest BCUT2D eigenvalue weighted by molar-refractivity contribution is 5.75. The Morgan fingerprint density at radius 1 is 1.22 bits per heavy atom. The third-order valence-electron chi connectivity index (χ3n) is 2.32. The number of hydrogen-bond donors (Lipinski definition) is 2.